The summed E-state index contributed by atoms with van der Waals surface area (Å²) in [5.74, 6) is 1.38. The molecule has 0 atom stereocenters. The summed E-state index contributed by atoms with van der Waals surface area (Å²) < 4.78 is 0. The first kappa shape index (κ1) is 11.3. The molecule has 1 saturated carbocycles. The average molecular weight is 221 g/mol. The Morgan fingerprint density at radius 2 is 2.00 bits per heavy atom. The van der Waals surface area contributed by atoms with Gasteiger partial charge in [0.15, 0.2) is 0 Å². The molecule has 1 fully saturated rings. The maximum absolute atomic E-state index is 9.57. The topological polar surface area (TPSA) is 58.0 Å². The molecule has 0 unspecified atom stereocenters. The summed E-state index contributed by atoms with van der Waals surface area (Å²) in [5, 5.41) is 12.9. The van der Waals surface area contributed by atoms with Gasteiger partial charge in [0, 0.05) is 12.4 Å². The summed E-state index contributed by atoms with van der Waals surface area (Å²) in [6.45, 7) is 2.41. The van der Waals surface area contributed by atoms with Crippen LogP contribution in [0.5, 0.6) is 0 Å². The normalized spacial score (nSPS) is 30.0. The summed E-state index contributed by atoms with van der Waals surface area (Å²) in [6, 6.07) is 1.79. The maximum Gasteiger partial charge on any atom is 0.223 e. The van der Waals surface area contributed by atoms with Crippen LogP contribution in [0.3, 0.4) is 0 Å². The van der Waals surface area contributed by atoms with Gasteiger partial charge in [0.25, 0.3) is 0 Å². The highest BCUT2D eigenvalue weighted by Gasteiger charge is 2.34. The van der Waals surface area contributed by atoms with Crippen LogP contribution in [0.25, 0.3) is 0 Å². The van der Waals surface area contributed by atoms with Crippen molar-refractivity contribution in [3.8, 4) is 0 Å². The zero-order valence-corrected chi connectivity index (χ0v) is 9.69. The molecule has 0 bridgehead atoms. The van der Waals surface area contributed by atoms with Gasteiger partial charge in [-0.1, -0.05) is 6.92 Å². The van der Waals surface area contributed by atoms with Gasteiger partial charge in [-0.25, -0.2) is 9.97 Å². The molecular formula is C12H19N3O. The van der Waals surface area contributed by atoms with E-state index in [-0.39, 0.29) is 12.1 Å². The van der Waals surface area contributed by atoms with Gasteiger partial charge >= 0.3 is 0 Å². The number of hydrogen-bond acceptors (Lipinski definition) is 4. The van der Waals surface area contributed by atoms with E-state index in [9.17, 15) is 5.11 Å². The van der Waals surface area contributed by atoms with Crippen LogP contribution in [0.15, 0.2) is 18.5 Å². The fourth-order valence-corrected chi connectivity index (χ4v) is 2.24. The first-order valence-corrected chi connectivity index (χ1v) is 5.90. The van der Waals surface area contributed by atoms with Gasteiger partial charge in [-0.3, -0.25) is 0 Å². The number of nitrogens with one attached hydrogen (secondary N) is 1. The van der Waals surface area contributed by atoms with Crippen molar-refractivity contribution in [1.82, 2.24) is 9.97 Å². The van der Waals surface area contributed by atoms with Gasteiger partial charge in [-0.05, 0) is 37.7 Å². The quantitative estimate of drug-likeness (QED) is 0.817. The van der Waals surface area contributed by atoms with Crippen molar-refractivity contribution in [3.63, 3.8) is 0 Å². The molecule has 0 spiro atoms. The van der Waals surface area contributed by atoms with Gasteiger partial charge < -0.3 is 10.4 Å². The molecule has 0 radical (unpaired) electrons. The van der Waals surface area contributed by atoms with Crippen LogP contribution < -0.4 is 5.32 Å². The Bertz CT molecular complexity index is 320. The molecule has 4 nitrogen and oxygen atoms in total. The Balaban J connectivity index is 2.05. The lowest BCUT2D eigenvalue weighted by Gasteiger charge is -2.38. The largest absolute Gasteiger partial charge is 0.394 e. The van der Waals surface area contributed by atoms with E-state index in [0.717, 1.165) is 31.6 Å². The molecule has 0 aliphatic heterocycles. The van der Waals surface area contributed by atoms with Crippen molar-refractivity contribution < 1.29 is 5.11 Å². The van der Waals surface area contributed by atoms with E-state index in [4.69, 9.17) is 0 Å². The Morgan fingerprint density at radius 1 is 1.38 bits per heavy atom. The van der Waals surface area contributed by atoms with E-state index in [1.54, 1.807) is 18.5 Å². The Labute approximate surface area is 96.1 Å². The molecule has 0 saturated heterocycles. The molecule has 2 N–H and O–H groups in total. The number of anilines is 1. The van der Waals surface area contributed by atoms with E-state index >= 15 is 0 Å². The van der Waals surface area contributed by atoms with Crippen LogP contribution in [0, 0.1) is 5.92 Å². The molecular weight excluding hydrogens is 202 g/mol. The van der Waals surface area contributed by atoms with Crippen LogP contribution >= 0.6 is 0 Å². The van der Waals surface area contributed by atoms with Crippen LogP contribution in [0.4, 0.5) is 5.95 Å². The number of nitrogens with zero attached hydrogens (tertiary/aromatic N) is 2. The van der Waals surface area contributed by atoms with E-state index in [1.807, 2.05) is 0 Å². The Kier molecular flexibility index (Phi) is 3.39. The van der Waals surface area contributed by atoms with Crippen molar-refractivity contribution >= 4 is 5.95 Å². The molecule has 1 aromatic heterocycles. The molecule has 1 aromatic rings. The molecule has 88 valence electrons. The number of aromatic nitrogens is 2. The van der Waals surface area contributed by atoms with E-state index < -0.39 is 0 Å². The van der Waals surface area contributed by atoms with Crippen LogP contribution in [-0.2, 0) is 0 Å². The van der Waals surface area contributed by atoms with Gasteiger partial charge in [-0.15, -0.1) is 0 Å². The predicted octanol–water partition coefficient (Wildman–Crippen LogP) is 1.83. The average Bonchev–Trinajstić information content (AvgIpc) is 2.34. The highest BCUT2D eigenvalue weighted by Crippen LogP contribution is 2.33. The molecule has 1 aliphatic rings. The number of aliphatic hydroxyl groups is 1. The molecule has 1 aliphatic carbocycles. The number of rotatable bonds is 3. The van der Waals surface area contributed by atoms with Gasteiger partial charge in [0.2, 0.25) is 5.95 Å². The third kappa shape index (κ3) is 2.50. The van der Waals surface area contributed by atoms with Gasteiger partial charge in [0.1, 0.15) is 0 Å². The number of aliphatic hydroxyl groups excluding tert-OH is 1. The van der Waals surface area contributed by atoms with E-state index in [0.29, 0.717) is 5.95 Å². The molecule has 2 rings (SSSR count). The third-order valence-corrected chi connectivity index (χ3v) is 3.48. The molecule has 16 heavy (non-hydrogen) atoms. The van der Waals surface area contributed by atoms with Crippen LogP contribution in [-0.4, -0.2) is 27.2 Å². The van der Waals surface area contributed by atoms with Crippen molar-refractivity contribution in [3.05, 3.63) is 18.5 Å². The minimum Gasteiger partial charge on any atom is -0.394 e. The summed E-state index contributed by atoms with van der Waals surface area (Å²) in [6.07, 6.45) is 7.71. The van der Waals surface area contributed by atoms with Gasteiger partial charge in [0.05, 0.1) is 12.1 Å². The van der Waals surface area contributed by atoms with Crippen molar-refractivity contribution in [2.45, 2.75) is 38.1 Å². The highest BCUT2D eigenvalue weighted by molar-refractivity contribution is 5.28. The van der Waals surface area contributed by atoms with Crippen LogP contribution in [0.2, 0.25) is 0 Å². The van der Waals surface area contributed by atoms with E-state index in [1.165, 1.54) is 0 Å². The molecule has 0 aromatic carbocycles. The predicted molar refractivity (Wildman–Crippen MR) is 63.1 cm³/mol. The first-order chi connectivity index (χ1) is 7.74. The first-order valence-electron chi connectivity index (χ1n) is 5.90. The Morgan fingerprint density at radius 3 is 2.56 bits per heavy atom. The highest BCUT2D eigenvalue weighted by atomic mass is 16.3. The molecule has 1 heterocycles. The lowest BCUT2D eigenvalue weighted by atomic mass is 9.77. The van der Waals surface area contributed by atoms with Crippen molar-refractivity contribution in [2.75, 3.05) is 11.9 Å². The van der Waals surface area contributed by atoms with E-state index in [2.05, 4.69) is 22.2 Å². The van der Waals surface area contributed by atoms with Crippen molar-refractivity contribution in [1.29, 1.82) is 0 Å². The fraction of sp³-hybridized carbons (Fsp3) is 0.667. The second-order valence-electron chi connectivity index (χ2n) is 4.82. The maximum atomic E-state index is 9.57. The minimum atomic E-state index is -0.214. The second-order valence-corrected chi connectivity index (χ2v) is 4.82. The zero-order chi connectivity index (χ0) is 11.4. The molecule has 0 amide bonds. The minimum absolute atomic E-state index is 0.151. The second kappa shape index (κ2) is 4.78. The zero-order valence-electron chi connectivity index (χ0n) is 9.69. The lowest BCUT2D eigenvalue weighted by molar-refractivity contribution is 0.154. The third-order valence-electron chi connectivity index (χ3n) is 3.48. The monoisotopic (exact) mass is 221 g/mol. The summed E-state index contributed by atoms with van der Waals surface area (Å²) in [7, 11) is 0. The smallest absolute Gasteiger partial charge is 0.223 e. The molecule has 4 heteroatoms. The standard InChI is InChI=1S/C12H19N3O/c1-10-3-5-12(9-16,6-4-10)15-11-13-7-2-8-14-11/h2,7-8,10,16H,3-6,9H2,1H3,(H,13,14,15). The fourth-order valence-electron chi connectivity index (χ4n) is 2.24. The van der Waals surface area contributed by atoms with Crippen molar-refractivity contribution in [2.24, 2.45) is 5.92 Å². The Hall–Kier alpha value is -1.16. The lowest BCUT2D eigenvalue weighted by Crippen LogP contribution is -2.45. The summed E-state index contributed by atoms with van der Waals surface area (Å²) >= 11 is 0. The van der Waals surface area contributed by atoms with Gasteiger partial charge in [-0.2, -0.15) is 0 Å². The van der Waals surface area contributed by atoms with Crippen LogP contribution in [0.1, 0.15) is 32.6 Å². The summed E-state index contributed by atoms with van der Waals surface area (Å²) in [4.78, 5) is 8.30. The SMILES string of the molecule is CC1CCC(CO)(Nc2ncccn2)CC1. The summed E-state index contributed by atoms with van der Waals surface area (Å²) in [5.41, 5.74) is -0.214. The number of hydrogen-bond donors (Lipinski definition) is 2.